The van der Waals surface area contributed by atoms with Crippen LogP contribution in [-0.2, 0) is 0 Å². The van der Waals surface area contributed by atoms with E-state index in [1.54, 1.807) is 18.5 Å². The van der Waals surface area contributed by atoms with Gasteiger partial charge in [0, 0.05) is 23.4 Å². The second-order valence-electron chi connectivity index (χ2n) is 6.87. The summed E-state index contributed by atoms with van der Waals surface area (Å²) < 4.78 is 0. The van der Waals surface area contributed by atoms with Gasteiger partial charge < -0.3 is 10.4 Å². The van der Waals surface area contributed by atoms with Crippen LogP contribution in [0.3, 0.4) is 0 Å². The molecule has 6 heteroatoms. The lowest BCUT2D eigenvalue weighted by molar-refractivity contribution is 0.0803. The summed E-state index contributed by atoms with van der Waals surface area (Å²) in [6.45, 7) is 3.71. The summed E-state index contributed by atoms with van der Waals surface area (Å²) in [5, 5.41) is 19.8. The van der Waals surface area contributed by atoms with E-state index in [4.69, 9.17) is 0 Å². The second kappa shape index (κ2) is 7.49. The van der Waals surface area contributed by atoms with Gasteiger partial charge in [0.15, 0.2) is 0 Å². The molecule has 0 radical (unpaired) electrons. The molecule has 3 N–H and O–H groups in total. The Morgan fingerprint density at radius 3 is 2.65 bits per heavy atom. The zero-order chi connectivity index (χ0) is 18.6. The molecule has 3 aromatic rings. The number of rotatable bonds is 6. The zero-order valence-electron chi connectivity index (χ0n) is 14.8. The predicted molar refractivity (Wildman–Crippen MR) is 99.3 cm³/mol. The van der Waals surface area contributed by atoms with Crippen LogP contribution in [0, 0.1) is 5.41 Å². The summed E-state index contributed by atoms with van der Waals surface area (Å²) in [5.41, 5.74) is 2.28. The summed E-state index contributed by atoms with van der Waals surface area (Å²) in [6.07, 6.45) is 3.38. The number of carbonyl (C=O) groups excluding carboxylic acids is 1. The number of nitrogens with one attached hydrogen (secondary N) is 2. The standard InChI is InChI=1S/C20H22N4O2/c1-20(2,13-25)18(15-9-6-10-21-12-15)22-19(26)17-11-16(23-24-17)14-7-4-3-5-8-14/h3-12,18,25H,13H2,1-2H3,(H,22,26)(H,23,24). The van der Waals surface area contributed by atoms with E-state index in [9.17, 15) is 9.90 Å². The number of aliphatic hydroxyl groups is 1. The number of benzene rings is 1. The Kier molecular flexibility index (Phi) is 5.14. The van der Waals surface area contributed by atoms with Crippen molar-refractivity contribution in [2.75, 3.05) is 6.61 Å². The van der Waals surface area contributed by atoms with Gasteiger partial charge in [0.25, 0.3) is 5.91 Å². The summed E-state index contributed by atoms with van der Waals surface area (Å²) >= 11 is 0. The Morgan fingerprint density at radius 2 is 2.00 bits per heavy atom. The Hall–Kier alpha value is -2.99. The van der Waals surface area contributed by atoms with Crippen molar-refractivity contribution in [3.8, 4) is 11.3 Å². The van der Waals surface area contributed by atoms with E-state index in [1.807, 2.05) is 56.3 Å². The summed E-state index contributed by atoms with van der Waals surface area (Å²) in [5.74, 6) is -0.282. The number of aromatic nitrogens is 3. The highest BCUT2D eigenvalue weighted by Crippen LogP contribution is 2.32. The molecule has 0 spiro atoms. The highest BCUT2D eigenvalue weighted by molar-refractivity contribution is 5.93. The number of amides is 1. The van der Waals surface area contributed by atoms with Crippen molar-refractivity contribution in [2.24, 2.45) is 5.41 Å². The Bertz CT molecular complexity index is 860. The molecular weight excluding hydrogens is 328 g/mol. The average molecular weight is 350 g/mol. The maximum Gasteiger partial charge on any atom is 0.269 e. The minimum atomic E-state index is -0.555. The van der Waals surface area contributed by atoms with Crippen LogP contribution in [0.25, 0.3) is 11.3 Å². The predicted octanol–water partition coefficient (Wildman–Crippen LogP) is 2.96. The molecule has 0 fully saturated rings. The van der Waals surface area contributed by atoms with Crippen molar-refractivity contribution in [1.82, 2.24) is 20.5 Å². The van der Waals surface area contributed by atoms with E-state index in [-0.39, 0.29) is 12.5 Å². The van der Waals surface area contributed by atoms with Crippen LogP contribution in [0.4, 0.5) is 0 Å². The topological polar surface area (TPSA) is 90.9 Å². The van der Waals surface area contributed by atoms with Crippen LogP contribution >= 0.6 is 0 Å². The maximum absolute atomic E-state index is 12.8. The van der Waals surface area contributed by atoms with Crippen molar-refractivity contribution in [1.29, 1.82) is 0 Å². The average Bonchev–Trinajstić information content (AvgIpc) is 3.17. The molecule has 0 aliphatic rings. The van der Waals surface area contributed by atoms with Gasteiger partial charge in [0.05, 0.1) is 18.3 Å². The van der Waals surface area contributed by atoms with Gasteiger partial charge in [-0.15, -0.1) is 0 Å². The molecule has 0 saturated heterocycles. The smallest absolute Gasteiger partial charge is 0.269 e. The van der Waals surface area contributed by atoms with Gasteiger partial charge in [-0.05, 0) is 17.7 Å². The van der Waals surface area contributed by atoms with E-state index < -0.39 is 11.5 Å². The minimum absolute atomic E-state index is 0.0783. The molecule has 1 atom stereocenters. The number of hydrogen-bond donors (Lipinski definition) is 3. The van der Waals surface area contributed by atoms with E-state index in [2.05, 4.69) is 20.5 Å². The fourth-order valence-corrected chi connectivity index (χ4v) is 2.77. The number of aromatic amines is 1. The number of pyridine rings is 1. The van der Waals surface area contributed by atoms with Gasteiger partial charge >= 0.3 is 0 Å². The van der Waals surface area contributed by atoms with Crippen molar-refractivity contribution in [3.05, 3.63) is 72.2 Å². The van der Waals surface area contributed by atoms with Crippen LogP contribution in [-0.4, -0.2) is 32.8 Å². The fourth-order valence-electron chi connectivity index (χ4n) is 2.77. The number of aliphatic hydroxyl groups excluding tert-OH is 1. The van der Waals surface area contributed by atoms with Crippen LogP contribution in [0.2, 0.25) is 0 Å². The molecule has 26 heavy (non-hydrogen) atoms. The SMILES string of the molecule is CC(C)(CO)C(NC(=O)c1cc(-c2ccccc2)n[nH]1)c1cccnc1. The molecule has 2 heterocycles. The van der Waals surface area contributed by atoms with Gasteiger partial charge in [-0.1, -0.05) is 50.2 Å². The van der Waals surface area contributed by atoms with Gasteiger partial charge in [0.2, 0.25) is 0 Å². The first-order valence-corrected chi connectivity index (χ1v) is 8.44. The van der Waals surface area contributed by atoms with Crippen molar-refractivity contribution >= 4 is 5.91 Å². The first-order chi connectivity index (χ1) is 12.5. The van der Waals surface area contributed by atoms with Gasteiger partial charge in [-0.3, -0.25) is 14.9 Å². The molecule has 1 aromatic carbocycles. The second-order valence-corrected chi connectivity index (χ2v) is 6.87. The molecule has 0 saturated carbocycles. The van der Waals surface area contributed by atoms with Crippen molar-refractivity contribution in [3.63, 3.8) is 0 Å². The third-order valence-corrected chi connectivity index (χ3v) is 4.37. The van der Waals surface area contributed by atoms with Crippen molar-refractivity contribution < 1.29 is 9.90 Å². The molecule has 3 rings (SSSR count). The largest absolute Gasteiger partial charge is 0.396 e. The van der Waals surface area contributed by atoms with Crippen LogP contribution in [0.5, 0.6) is 0 Å². The molecule has 0 aliphatic heterocycles. The minimum Gasteiger partial charge on any atom is -0.396 e. The van der Waals surface area contributed by atoms with Crippen molar-refractivity contribution in [2.45, 2.75) is 19.9 Å². The first kappa shape index (κ1) is 17.8. The van der Waals surface area contributed by atoms with Gasteiger partial charge in [0.1, 0.15) is 5.69 Å². The summed E-state index contributed by atoms with van der Waals surface area (Å²) in [7, 11) is 0. The number of nitrogens with zero attached hydrogens (tertiary/aromatic N) is 2. The quantitative estimate of drug-likeness (QED) is 0.637. The van der Waals surface area contributed by atoms with E-state index in [0.717, 1.165) is 11.1 Å². The third-order valence-electron chi connectivity index (χ3n) is 4.37. The van der Waals surface area contributed by atoms with Crippen LogP contribution in [0.15, 0.2) is 60.9 Å². The Balaban J connectivity index is 1.84. The van der Waals surface area contributed by atoms with E-state index in [0.29, 0.717) is 11.4 Å². The zero-order valence-corrected chi connectivity index (χ0v) is 14.8. The molecule has 0 aliphatic carbocycles. The number of H-pyrrole nitrogens is 1. The molecule has 0 bridgehead atoms. The van der Waals surface area contributed by atoms with E-state index >= 15 is 0 Å². The lowest BCUT2D eigenvalue weighted by Gasteiger charge is -2.33. The summed E-state index contributed by atoms with van der Waals surface area (Å²) in [4.78, 5) is 16.9. The Morgan fingerprint density at radius 1 is 1.23 bits per heavy atom. The lowest BCUT2D eigenvalue weighted by atomic mass is 9.81. The van der Waals surface area contributed by atoms with Crippen LogP contribution < -0.4 is 5.32 Å². The van der Waals surface area contributed by atoms with Gasteiger partial charge in [-0.2, -0.15) is 5.10 Å². The normalized spacial score (nSPS) is 12.6. The van der Waals surface area contributed by atoms with Gasteiger partial charge in [-0.25, -0.2) is 0 Å². The van der Waals surface area contributed by atoms with E-state index in [1.165, 1.54) is 0 Å². The number of carbonyl (C=O) groups is 1. The highest BCUT2D eigenvalue weighted by atomic mass is 16.3. The maximum atomic E-state index is 12.8. The Labute approximate surface area is 152 Å². The molecule has 6 nitrogen and oxygen atoms in total. The highest BCUT2D eigenvalue weighted by Gasteiger charge is 2.32. The number of hydrogen-bond acceptors (Lipinski definition) is 4. The molecule has 1 amide bonds. The monoisotopic (exact) mass is 350 g/mol. The van der Waals surface area contributed by atoms with Crippen LogP contribution in [0.1, 0.15) is 35.9 Å². The fraction of sp³-hybridized carbons (Fsp3) is 0.250. The lowest BCUT2D eigenvalue weighted by Crippen LogP contribution is -2.40. The molecule has 134 valence electrons. The summed E-state index contributed by atoms with van der Waals surface area (Å²) in [6, 6.07) is 14.7. The first-order valence-electron chi connectivity index (χ1n) is 8.44. The molecular formula is C20H22N4O2. The molecule has 1 unspecified atom stereocenters. The third kappa shape index (κ3) is 3.81. The molecule has 2 aromatic heterocycles.